The van der Waals surface area contributed by atoms with Crippen LogP contribution in [0.4, 0.5) is 28.0 Å². The molecule has 0 unspecified atom stereocenters. The maximum absolute atomic E-state index is 15.1. The van der Waals surface area contributed by atoms with E-state index in [-0.39, 0.29) is 35.4 Å². The van der Waals surface area contributed by atoms with Gasteiger partial charge < -0.3 is 14.8 Å². The van der Waals surface area contributed by atoms with Crippen LogP contribution in [0.15, 0.2) is 36.4 Å². The molecule has 2 aromatic carbocycles. The van der Waals surface area contributed by atoms with Gasteiger partial charge in [0.15, 0.2) is 22.3 Å². The number of hydrogen-bond donors (Lipinski definition) is 1. The Morgan fingerprint density at radius 2 is 1.86 bits per heavy atom. The quantitative estimate of drug-likeness (QED) is 0.316. The summed E-state index contributed by atoms with van der Waals surface area (Å²) in [6.45, 7) is 4.50. The van der Waals surface area contributed by atoms with Gasteiger partial charge in [0, 0.05) is 12.5 Å². The third-order valence-corrected chi connectivity index (χ3v) is 9.17. The average Bonchev–Trinajstić information content (AvgIpc) is 3.17. The fraction of sp³-hybridized carbons (Fsp3) is 0.500. The number of hydrogen-bond acceptors (Lipinski definition) is 6. The van der Waals surface area contributed by atoms with E-state index >= 15 is 4.39 Å². The number of nitrogens with one attached hydrogen (secondary N) is 1. The van der Waals surface area contributed by atoms with Gasteiger partial charge in [0.2, 0.25) is 5.91 Å². The smallest absolute Gasteiger partial charge is 0.422 e. The van der Waals surface area contributed by atoms with E-state index in [4.69, 9.17) is 21.1 Å². The van der Waals surface area contributed by atoms with Gasteiger partial charge in [0.25, 0.3) is 0 Å². The van der Waals surface area contributed by atoms with Gasteiger partial charge in [-0.25, -0.2) is 17.6 Å². The molecule has 0 aromatic heterocycles. The second kappa shape index (κ2) is 11.9. The Bertz CT molecular complexity index is 1460. The summed E-state index contributed by atoms with van der Waals surface area (Å²) >= 11 is 5.44. The number of nitrogens with zero attached hydrogens (tertiary/aromatic N) is 1. The number of carbonyl (C=O) groups excluding carboxylic acids is 2. The van der Waals surface area contributed by atoms with Crippen LogP contribution in [0, 0.1) is 11.7 Å². The van der Waals surface area contributed by atoms with Crippen molar-refractivity contribution in [3.05, 3.63) is 58.9 Å². The minimum atomic E-state index is -4.75. The molecule has 230 valence electrons. The van der Waals surface area contributed by atoms with Crippen LogP contribution in [0.3, 0.4) is 0 Å². The van der Waals surface area contributed by atoms with Crippen molar-refractivity contribution in [3.63, 3.8) is 0 Å². The molecule has 4 rings (SSSR count). The third-order valence-electron chi connectivity index (χ3n) is 7.14. The van der Waals surface area contributed by atoms with Crippen LogP contribution in [0.2, 0.25) is 0 Å². The van der Waals surface area contributed by atoms with E-state index in [9.17, 15) is 31.2 Å². The number of halogens is 5. The molecular formula is C28H31ClF4N2O6S. The molecule has 2 aliphatic rings. The van der Waals surface area contributed by atoms with Crippen LogP contribution in [0.25, 0.3) is 0 Å². The van der Waals surface area contributed by atoms with Gasteiger partial charge >= 0.3 is 12.3 Å². The summed E-state index contributed by atoms with van der Waals surface area (Å²) in [6, 6.07) is 8.86. The van der Waals surface area contributed by atoms with Crippen LogP contribution in [-0.2, 0) is 37.7 Å². The van der Waals surface area contributed by atoms with Crippen molar-refractivity contribution in [2.45, 2.75) is 57.5 Å². The van der Waals surface area contributed by atoms with Gasteiger partial charge in [-0.15, -0.1) is 11.6 Å². The van der Waals surface area contributed by atoms with E-state index in [0.717, 1.165) is 23.3 Å². The van der Waals surface area contributed by atoms with Gasteiger partial charge in [0.05, 0.1) is 17.5 Å². The Balaban J connectivity index is 1.61. The summed E-state index contributed by atoms with van der Waals surface area (Å²) in [7, 11) is -3.68. The van der Waals surface area contributed by atoms with E-state index in [1.165, 1.54) is 4.90 Å². The third kappa shape index (κ3) is 7.66. The lowest BCUT2D eigenvalue weighted by Crippen LogP contribution is -2.51. The predicted molar refractivity (Wildman–Crippen MR) is 148 cm³/mol. The molecule has 42 heavy (non-hydrogen) atoms. The lowest BCUT2D eigenvalue weighted by molar-refractivity contribution is -0.153. The first-order chi connectivity index (χ1) is 19.5. The maximum Gasteiger partial charge on any atom is 0.422 e. The van der Waals surface area contributed by atoms with Crippen molar-refractivity contribution in [2.24, 2.45) is 5.92 Å². The number of fused-ring (bicyclic) bond motifs is 1. The highest BCUT2D eigenvalue weighted by molar-refractivity contribution is 7.91. The normalized spacial score (nSPS) is 22.0. The average molecular weight is 635 g/mol. The van der Waals surface area contributed by atoms with Gasteiger partial charge in [0.1, 0.15) is 23.4 Å². The summed E-state index contributed by atoms with van der Waals surface area (Å²) in [5.74, 6) is -4.65. The summed E-state index contributed by atoms with van der Waals surface area (Å²) < 4.78 is 90.0. The molecule has 0 bridgehead atoms. The fourth-order valence-electron chi connectivity index (χ4n) is 5.23. The standard InChI is InChI=1S/C28H31ClF4N2O6S/c1-27(2,3)19-6-4-5-16(8-19)12-35-21-14-42(38,39)13-18(25(21)41-26(35)37)7-17-9-20(30)24(34-23(36)11-29)22(10-17)40-15-28(31,32)33/h4-6,8-10,18,21,25H,7,11-15H2,1-3H3,(H,34,36)/t18-,21+,25+/m1/s1. The Hall–Kier alpha value is -3.06. The first-order valence-corrected chi connectivity index (χ1v) is 15.5. The van der Waals surface area contributed by atoms with Crippen LogP contribution in [-0.4, -0.2) is 67.6 Å². The molecule has 0 aliphatic carbocycles. The minimum absolute atomic E-state index is 0.0989. The van der Waals surface area contributed by atoms with E-state index in [1.807, 2.05) is 45.0 Å². The molecule has 2 aliphatic heterocycles. The molecular weight excluding hydrogens is 604 g/mol. The van der Waals surface area contributed by atoms with Crippen LogP contribution < -0.4 is 10.1 Å². The Morgan fingerprint density at radius 3 is 2.50 bits per heavy atom. The SMILES string of the molecule is CC(C)(C)c1cccc(CN2C(=O)O[C@H]3[C@H](Cc4cc(F)c(NC(=O)CCl)c(OCC(F)(F)F)c4)CS(=O)(=O)C[C@@H]32)c1. The van der Waals surface area contributed by atoms with Crippen molar-refractivity contribution in [1.82, 2.24) is 4.90 Å². The lowest BCUT2D eigenvalue weighted by Gasteiger charge is -2.34. The molecule has 8 nitrogen and oxygen atoms in total. The van der Waals surface area contributed by atoms with E-state index in [2.05, 4.69) is 5.32 Å². The molecule has 0 saturated carbocycles. The zero-order valence-corrected chi connectivity index (χ0v) is 24.7. The summed E-state index contributed by atoms with van der Waals surface area (Å²) in [4.78, 5) is 26.1. The lowest BCUT2D eigenvalue weighted by atomic mass is 9.86. The number of alkyl halides is 4. The van der Waals surface area contributed by atoms with Crippen molar-refractivity contribution >= 4 is 39.1 Å². The zero-order valence-electron chi connectivity index (χ0n) is 23.1. The van der Waals surface area contributed by atoms with E-state index in [0.29, 0.717) is 0 Å². The highest BCUT2D eigenvalue weighted by Crippen LogP contribution is 2.37. The van der Waals surface area contributed by atoms with Gasteiger partial charge in [-0.05, 0) is 40.7 Å². The monoisotopic (exact) mass is 634 g/mol. The Labute approximate surface area is 246 Å². The van der Waals surface area contributed by atoms with Crippen molar-refractivity contribution < 1.29 is 45.0 Å². The molecule has 2 fully saturated rings. The zero-order chi connectivity index (χ0) is 31.0. The largest absolute Gasteiger partial charge is 0.482 e. The molecule has 2 amide bonds. The van der Waals surface area contributed by atoms with Gasteiger partial charge in [-0.2, -0.15) is 13.2 Å². The molecule has 2 heterocycles. The predicted octanol–water partition coefficient (Wildman–Crippen LogP) is 5.22. The molecule has 2 aromatic rings. The van der Waals surface area contributed by atoms with Crippen molar-refractivity contribution in [2.75, 3.05) is 29.3 Å². The van der Waals surface area contributed by atoms with Gasteiger partial charge in [-0.1, -0.05) is 45.0 Å². The molecule has 2 saturated heterocycles. The second-order valence-corrected chi connectivity index (χ2v) is 14.0. The van der Waals surface area contributed by atoms with Crippen molar-refractivity contribution in [1.29, 1.82) is 0 Å². The Kier molecular flexibility index (Phi) is 9.03. The number of anilines is 1. The number of carbonyl (C=O) groups is 2. The number of ether oxygens (including phenoxy) is 2. The summed E-state index contributed by atoms with van der Waals surface area (Å²) in [6.07, 6.45) is -6.44. The van der Waals surface area contributed by atoms with E-state index < -0.39 is 75.8 Å². The fourth-order valence-corrected chi connectivity index (χ4v) is 7.29. The second-order valence-electron chi connectivity index (χ2n) is 11.6. The maximum atomic E-state index is 15.1. The minimum Gasteiger partial charge on any atom is -0.482 e. The van der Waals surface area contributed by atoms with Crippen molar-refractivity contribution in [3.8, 4) is 5.75 Å². The number of amides is 2. The Morgan fingerprint density at radius 1 is 1.14 bits per heavy atom. The number of benzene rings is 2. The highest BCUT2D eigenvalue weighted by Gasteiger charge is 2.51. The summed E-state index contributed by atoms with van der Waals surface area (Å²) in [5.41, 5.74) is 1.15. The number of rotatable bonds is 8. The van der Waals surface area contributed by atoms with Crippen LogP contribution >= 0.6 is 11.6 Å². The molecule has 0 radical (unpaired) electrons. The van der Waals surface area contributed by atoms with Crippen LogP contribution in [0.1, 0.15) is 37.5 Å². The topological polar surface area (TPSA) is 102 Å². The summed E-state index contributed by atoms with van der Waals surface area (Å²) in [5, 5.41) is 2.08. The molecule has 14 heteroatoms. The van der Waals surface area contributed by atoms with Gasteiger partial charge in [-0.3, -0.25) is 9.69 Å². The van der Waals surface area contributed by atoms with Crippen LogP contribution in [0.5, 0.6) is 5.75 Å². The first kappa shape index (κ1) is 31.9. The number of sulfone groups is 1. The van der Waals surface area contributed by atoms with E-state index in [1.54, 1.807) is 0 Å². The molecule has 3 atom stereocenters. The molecule has 1 N–H and O–H groups in total. The highest BCUT2D eigenvalue weighted by atomic mass is 35.5. The first-order valence-electron chi connectivity index (χ1n) is 13.1. The molecule has 0 spiro atoms.